The Bertz CT molecular complexity index is 530. The van der Waals surface area contributed by atoms with E-state index < -0.39 is 0 Å². The number of nitrogens with zero attached hydrogens (tertiary/aromatic N) is 1. The molecule has 106 valence electrons. The van der Waals surface area contributed by atoms with Crippen LogP contribution in [0.15, 0.2) is 48.5 Å². The van der Waals surface area contributed by atoms with Crippen LogP contribution in [0.3, 0.4) is 0 Å². The van der Waals surface area contributed by atoms with E-state index in [2.05, 4.69) is 55.3 Å². The predicted molar refractivity (Wildman–Crippen MR) is 85.6 cm³/mol. The zero-order valence-corrected chi connectivity index (χ0v) is 12.5. The summed E-state index contributed by atoms with van der Waals surface area (Å²) < 4.78 is 0. The molecule has 2 nitrogen and oxygen atoms in total. The van der Waals surface area contributed by atoms with Crippen molar-refractivity contribution in [1.29, 1.82) is 0 Å². The SMILES string of the molecule is CCc1ccc(N(C)c2ccc([C@H](O)CC)cc2)cc1. The minimum atomic E-state index is -0.363. The molecule has 0 saturated heterocycles. The number of rotatable bonds is 5. The van der Waals surface area contributed by atoms with Gasteiger partial charge >= 0.3 is 0 Å². The normalized spacial score (nSPS) is 12.2. The molecule has 0 aromatic heterocycles. The molecule has 2 heteroatoms. The minimum absolute atomic E-state index is 0.363. The van der Waals surface area contributed by atoms with Crippen LogP contribution in [0.2, 0.25) is 0 Å². The van der Waals surface area contributed by atoms with Crippen LogP contribution in [-0.2, 0) is 6.42 Å². The van der Waals surface area contributed by atoms with Crippen LogP contribution in [0, 0.1) is 0 Å². The monoisotopic (exact) mass is 269 g/mol. The lowest BCUT2D eigenvalue weighted by Gasteiger charge is -2.20. The van der Waals surface area contributed by atoms with Crippen molar-refractivity contribution in [2.45, 2.75) is 32.8 Å². The van der Waals surface area contributed by atoms with E-state index in [1.807, 2.05) is 19.1 Å². The van der Waals surface area contributed by atoms with Crippen molar-refractivity contribution in [3.63, 3.8) is 0 Å². The van der Waals surface area contributed by atoms with Gasteiger partial charge in [0.1, 0.15) is 0 Å². The Kier molecular flexibility index (Phi) is 4.80. The van der Waals surface area contributed by atoms with E-state index in [4.69, 9.17) is 0 Å². The first-order valence-corrected chi connectivity index (χ1v) is 7.26. The molecule has 0 saturated carbocycles. The van der Waals surface area contributed by atoms with Gasteiger partial charge in [-0.15, -0.1) is 0 Å². The highest BCUT2D eigenvalue weighted by Crippen LogP contribution is 2.26. The molecule has 1 atom stereocenters. The molecule has 0 unspecified atom stereocenters. The van der Waals surface area contributed by atoms with E-state index >= 15 is 0 Å². The Hall–Kier alpha value is -1.80. The average Bonchev–Trinajstić information content (AvgIpc) is 2.53. The van der Waals surface area contributed by atoms with Gasteiger partial charge in [0.2, 0.25) is 0 Å². The molecule has 0 amide bonds. The highest BCUT2D eigenvalue weighted by Gasteiger charge is 2.07. The first kappa shape index (κ1) is 14.6. The lowest BCUT2D eigenvalue weighted by Crippen LogP contribution is -2.09. The summed E-state index contributed by atoms with van der Waals surface area (Å²) in [6, 6.07) is 16.7. The van der Waals surface area contributed by atoms with Crippen molar-refractivity contribution in [2.24, 2.45) is 0 Å². The smallest absolute Gasteiger partial charge is 0.0787 e. The van der Waals surface area contributed by atoms with E-state index in [1.54, 1.807) is 0 Å². The Labute approximate surface area is 121 Å². The largest absolute Gasteiger partial charge is 0.388 e. The molecule has 0 aliphatic rings. The van der Waals surface area contributed by atoms with Crippen LogP contribution in [0.1, 0.15) is 37.5 Å². The van der Waals surface area contributed by atoms with Crippen molar-refractivity contribution in [3.05, 3.63) is 59.7 Å². The van der Waals surface area contributed by atoms with Crippen molar-refractivity contribution in [1.82, 2.24) is 0 Å². The van der Waals surface area contributed by atoms with Gasteiger partial charge in [0, 0.05) is 18.4 Å². The molecule has 2 rings (SSSR count). The van der Waals surface area contributed by atoms with Crippen molar-refractivity contribution < 1.29 is 5.11 Å². The van der Waals surface area contributed by atoms with Crippen LogP contribution < -0.4 is 4.90 Å². The van der Waals surface area contributed by atoms with Gasteiger partial charge in [-0.2, -0.15) is 0 Å². The number of anilines is 2. The maximum atomic E-state index is 9.82. The third kappa shape index (κ3) is 3.20. The number of hydrogen-bond acceptors (Lipinski definition) is 2. The number of aliphatic hydroxyl groups is 1. The fourth-order valence-corrected chi connectivity index (χ4v) is 2.26. The van der Waals surface area contributed by atoms with Gasteiger partial charge in [0.05, 0.1) is 6.10 Å². The van der Waals surface area contributed by atoms with Crippen molar-refractivity contribution >= 4 is 11.4 Å². The van der Waals surface area contributed by atoms with E-state index in [1.165, 1.54) is 11.3 Å². The standard InChI is InChI=1S/C18H23NO/c1-4-14-6-10-16(11-7-14)19(3)17-12-8-15(9-13-17)18(20)5-2/h6-13,18,20H,4-5H2,1-3H3/t18-/m1/s1. The summed E-state index contributed by atoms with van der Waals surface area (Å²) in [4.78, 5) is 2.15. The van der Waals surface area contributed by atoms with Gasteiger partial charge in [0.15, 0.2) is 0 Å². The number of aryl methyl sites for hydroxylation is 1. The molecule has 0 heterocycles. The lowest BCUT2D eigenvalue weighted by atomic mass is 10.1. The first-order chi connectivity index (χ1) is 9.65. The third-order valence-electron chi connectivity index (χ3n) is 3.78. The predicted octanol–water partition coefficient (Wildman–Crippen LogP) is 4.46. The summed E-state index contributed by atoms with van der Waals surface area (Å²) in [5.41, 5.74) is 4.63. The molecular formula is C18H23NO. The van der Waals surface area contributed by atoms with Gasteiger partial charge in [-0.1, -0.05) is 38.1 Å². The van der Waals surface area contributed by atoms with E-state index in [0.717, 1.165) is 24.1 Å². The third-order valence-corrected chi connectivity index (χ3v) is 3.78. The lowest BCUT2D eigenvalue weighted by molar-refractivity contribution is 0.173. The summed E-state index contributed by atoms with van der Waals surface area (Å²) in [6.45, 7) is 4.15. The zero-order valence-electron chi connectivity index (χ0n) is 12.5. The molecule has 0 aliphatic heterocycles. The molecular weight excluding hydrogens is 246 g/mol. The molecule has 2 aromatic rings. The van der Waals surface area contributed by atoms with E-state index in [0.29, 0.717) is 0 Å². The molecule has 0 bridgehead atoms. The van der Waals surface area contributed by atoms with E-state index in [-0.39, 0.29) is 6.10 Å². The molecule has 2 aromatic carbocycles. The second-order valence-electron chi connectivity index (χ2n) is 5.09. The highest BCUT2D eigenvalue weighted by atomic mass is 16.3. The Morgan fingerprint density at radius 3 is 1.85 bits per heavy atom. The molecule has 0 spiro atoms. The first-order valence-electron chi connectivity index (χ1n) is 7.26. The van der Waals surface area contributed by atoms with Gasteiger partial charge < -0.3 is 10.0 Å². The number of aliphatic hydroxyl groups excluding tert-OH is 1. The number of hydrogen-bond donors (Lipinski definition) is 1. The van der Waals surface area contributed by atoms with Crippen LogP contribution in [0.25, 0.3) is 0 Å². The van der Waals surface area contributed by atoms with Gasteiger partial charge in [-0.05, 0) is 48.2 Å². The van der Waals surface area contributed by atoms with Gasteiger partial charge in [-0.25, -0.2) is 0 Å². The highest BCUT2D eigenvalue weighted by molar-refractivity contribution is 5.62. The van der Waals surface area contributed by atoms with Gasteiger partial charge in [-0.3, -0.25) is 0 Å². The van der Waals surface area contributed by atoms with Crippen LogP contribution in [-0.4, -0.2) is 12.2 Å². The van der Waals surface area contributed by atoms with Crippen molar-refractivity contribution in [3.8, 4) is 0 Å². The maximum Gasteiger partial charge on any atom is 0.0787 e. The second kappa shape index (κ2) is 6.58. The maximum absolute atomic E-state index is 9.82. The molecule has 0 fully saturated rings. The zero-order chi connectivity index (χ0) is 14.5. The average molecular weight is 269 g/mol. The minimum Gasteiger partial charge on any atom is -0.388 e. The Balaban J connectivity index is 2.17. The molecule has 0 radical (unpaired) electrons. The topological polar surface area (TPSA) is 23.5 Å². The fraction of sp³-hybridized carbons (Fsp3) is 0.333. The van der Waals surface area contributed by atoms with Gasteiger partial charge in [0.25, 0.3) is 0 Å². The quantitative estimate of drug-likeness (QED) is 0.866. The Morgan fingerprint density at radius 2 is 1.40 bits per heavy atom. The summed E-state index contributed by atoms with van der Waals surface area (Å²) in [5.74, 6) is 0. The summed E-state index contributed by atoms with van der Waals surface area (Å²) >= 11 is 0. The molecule has 1 N–H and O–H groups in total. The van der Waals surface area contributed by atoms with E-state index in [9.17, 15) is 5.11 Å². The van der Waals surface area contributed by atoms with Crippen LogP contribution in [0.5, 0.6) is 0 Å². The van der Waals surface area contributed by atoms with Crippen molar-refractivity contribution in [2.75, 3.05) is 11.9 Å². The number of benzene rings is 2. The summed E-state index contributed by atoms with van der Waals surface area (Å²) in [6.07, 6.45) is 1.44. The van der Waals surface area contributed by atoms with Crippen LogP contribution >= 0.6 is 0 Å². The Morgan fingerprint density at radius 1 is 0.900 bits per heavy atom. The fourth-order valence-electron chi connectivity index (χ4n) is 2.26. The second-order valence-corrected chi connectivity index (χ2v) is 5.09. The van der Waals surface area contributed by atoms with Crippen LogP contribution in [0.4, 0.5) is 11.4 Å². The summed E-state index contributed by atoms with van der Waals surface area (Å²) in [7, 11) is 2.06. The molecule has 20 heavy (non-hydrogen) atoms. The molecule has 0 aliphatic carbocycles. The summed E-state index contributed by atoms with van der Waals surface area (Å²) in [5, 5.41) is 9.82.